The number of hydrogen-bond donors (Lipinski definition) is 3. The highest BCUT2D eigenvalue weighted by Crippen LogP contribution is 2.07. The number of carbonyl (C=O) groups is 1. The van der Waals surface area contributed by atoms with Gasteiger partial charge in [-0.2, -0.15) is 0 Å². The molecule has 1 fully saturated rings. The normalized spacial score (nSPS) is 41.3. The fraction of sp³-hybridized carbons (Fsp3) is 0.857. The summed E-state index contributed by atoms with van der Waals surface area (Å²) >= 11 is 0. The second-order valence-electron chi connectivity index (χ2n) is 3.08. The molecule has 0 aliphatic carbocycles. The molecule has 0 amide bonds. The minimum atomic E-state index is -1.02. The highest BCUT2D eigenvalue weighted by Gasteiger charge is 2.47. The van der Waals surface area contributed by atoms with Crippen molar-refractivity contribution in [3.8, 4) is 0 Å². The molecule has 5 nitrogen and oxygen atoms in total. The molecule has 4 atom stereocenters. The molecule has 12 heavy (non-hydrogen) atoms. The van der Waals surface area contributed by atoms with Gasteiger partial charge in [-0.05, 0) is 6.92 Å². The Morgan fingerprint density at radius 2 is 2.00 bits per heavy atom. The SMILES string of the molecule is COC(=O)[C@H]1[NH2+][C@H](C)[C@@H](O)[C@H]1O. The van der Waals surface area contributed by atoms with E-state index in [1.807, 2.05) is 0 Å². The average Bonchev–Trinajstić information content (AvgIpc) is 2.32. The minimum absolute atomic E-state index is 0.163. The number of nitrogens with two attached hydrogens (primary N) is 1. The summed E-state index contributed by atoms with van der Waals surface area (Å²) in [4.78, 5) is 11.0. The predicted molar refractivity (Wildman–Crippen MR) is 39.2 cm³/mol. The molecule has 0 spiro atoms. The number of rotatable bonds is 1. The van der Waals surface area contributed by atoms with Gasteiger partial charge in [0.05, 0.1) is 7.11 Å². The van der Waals surface area contributed by atoms with Crippen LogP contribution >= 0.6 is 0 Å². The maximum absolute atomic E-state index is 11.0. The first kappa shape index (κ1) is 9.44. The number of carbonyl (C=O) groups excluding carboxylic acids is 1. The van der Waals surface area contributed by atoms with Gasteiger partial charge in [-0.25, -0.2) is 4.79 Å². The van der Waals surface area contributed by atoms with Crippen LogP contribution in [0.4, 0.5) is 0 Å². The molecule has 0 saturated carbocycles. The molecule has 1 aliphatic heterocycles. The van der Waals surface area contributed by atoms with Gasteiger partial charge in [0.25, 0.3) is 0 Å². The highest BCUT2D eigenvalue weighted by molar-refractivity contribution is 5.75. The van der Waals surface area contributed by atoms with Gasteiger partial charge >= 0.3 is 5.97 Å². The van der Waals surface area contributed by atoms with Crippen molar-refractivity contribution in [3.63, 3.8) is 0 Å². The topological polar surface area (TPSA) is 83.4 Å². The summed E-state index contributed by atoms with van der Waals surface area (Å²) in [7, 11) is 1.26. The molecule has 1 aliphatic rings. The number of aliphatic hydroxyl groups excluding tert-OH is 2. The zero-order valence-corrected chi connectivity index (χ0v) is 7.10. The van der Waals surface area contributed by atoms with Gasteiger partial charge in [0.1, 0.15) is 18.2 Å². The van der Waals surface area contributed by atoms with E-state index in [0.29, 0.717) is 0 Å². The molecule has 5 heteroatoms. The fourth-order valence-corrected chi connectivity index (χ4v) is 1.43. The highest BCUT2D eigenvalue weighted by atomic mass is 16.5. The van der Waals surface area contributed by atoms with Crippen molar-refractivity contribution >= 4 is 5.97 Å². The molecule has 0 aromatic rings. The number of ether oxygens (including phenoxy) is 1. The van der Waals surface area contributed by atoms with Gasteiger partial charge in [0.15, 0.2) is 0 Å². The van der Waals surface area contributed by atoms with Crippen molar-refractivity contribution in [3.05, 3.63) is 0 Å². The fourth-order valence-electron chi connectivity index (χ4n) is 1.43. The lowest BCUT2D eigenvalue weighted by atomic mass is 10.1. The van der Waals surface area contributed by atoms with Crippen molar-refractivity contribution in [1.29, 1.82) is 0 Å². The summed E-state index contributed by atoms with van der Waals surface area (Å²) in [5, 5.41) is 20.3. The van der Waals surface area contributed by atoms with Gasteiger partial charge in [-0.1, -0.05) is 0 Å². The van der Waals surface area contributed by atoms with E-state index in [-0.39, 0.29) is 6.04 Å². The van der Waals surface area contributed by atoms with Crippen LogP contribution < -0.4 is 5.32 Å². The third kappa shape index (κ3) is 1.43. The van der Waals surface area contributed by atoms with Crippen LogP contribution in [0.3, 0.4) is 0 Å². The van der Waals surface area contributed by atoms with Crippen LogP contribution in [0.1, 0.15) is 6.92 Å². The Morgan fingerprint density at radius 3 is 2.33 bits per heavy atom. The van der Waals surface area contributed by atoms with Gasteiger partial charge in [0.2, 0.25) is 6.04 Å². The van der Waals surface area contributed by atoms with E-state index in [9.17, 15) is 15.0 Å². The summed E-state index contributed by atoms with van der Waals surface area (Å²) < 4.78 is 4.46. The van der Waals surface area contributed by atoms with Crippen LogP contribution in [-0.4, -0.2) is 47.6 Å². The van der Waals surface area contributed by atoms with E-state index in [1.165, 1.54) is 7.11 Å². The number of esters is 1. The second kappa shape index (κ2) is 3.38. The third-order valence-corrected chi connectivity index (χ3v) is 2.24. The van der Waals surface area contributed by atoms with Crippen LogP contribution in [-0.2, 0) is 9.53 Å². The number of hydrogen-bond acceptors (Lipinski definition) is 4. The van der Waals surface area contributed by atoms with E-state index in [4.69, 9.17) is 0 Å². The molecular weight excluding hydrogens is 162 g/mol. The summed E-state index contributed by atoms with van der Waals surface area (Å²) in [5.74, 6) is -0.495. The molecule has 0 radical (unpaired) electrons. The molecule has 0 aromatic heterocycles. The van der Waals surface area contributed by atoms with Gasteiger partial charge in [-0.3, -0.25) is 0 Å². The lowest BCUT2D eigenvalue weighted by molar-refractivity contribution is -0.693. The maximum Gasteiger partial charge on any atom is 0.367 e. The first-order valence-electron chi connectivity index (χ1n) is 3.87. The molecule has 0 aromatic carbocycles. The Hall–Kier alpha value is -0.650. The number of aliphatic hydroxyl groups is 2. The van der Waals surface area contributed by atoms with E-state index < -0.39 is 24.2 Å². The van der Waals surface area contributed by atoms with Crippen molar-refractivity contribution < 1.29 is 25.1 Å². The lowest BCUT2D eigenvalue weighted by Gasteiger charge is -2.08. The van der Waals surface area contributed by atoms with Crippen molar-refractivity contribution in [2.75, 3.05) is 7.11 Å². The van der Waals surface area contributed by atoms with E-state index in [0.717, 1.165) is 0 Å². The standard InChI is InChI=1S/C7H13NO4/c1-3-5(9)6(10)4(8-3)7(11)12-2/h3-6,8-10H,1-2H3/p+1/t3-,4+,5-,6+/m1/s1. The third-order valence-electron chi connectivity index (χ3n) is 2.24. The maximum atomic E-state index is 11.0. The smallest absolute Gasteiger partial charge is 0.367 e. The quantitative estimate of drug-likeness (QED) is 0.377. The average molecular weight is 176 g/mol. The van der Waals surface area contributed by atoms with Gasteiger partial charge in [0, 0.05) is 0 Å². The Kier molecular flexibility index (Phi) is 2.66. The van der Waals surface area contributed by atoms with Crippen LogP contribution in [0, 0.1) is 0 Å². The Morgan fingerprint density at radius 1 is 1.42 bits per heavy atom. The molecule has 1 rings (SSSR count). The second-order valence-corrected chi connectivity index (χ2v) is 3.08. The van der Waals surface area contributed by atoms with Crippen LogP contribution in [0.15, 0.2) is 0 Å². The zero-order valence-electron chi connectivity index (χ0n) is 7.10. The summed E-state index contributed by atoms with van der Waals surface area (Å²) in [5.41, 5.74) is 0. The Bertz CT molecular complexity index is 184. The molecule has 0 bridgehead atoms. The van der Waals surface area contributed by atoms with Gasteiger partial charge < -0.3 is 20.3 Å². The first-order valence-corrected chi connectivity index (χ1v) is 3.87. The van der Waals surface area contributed by atoms with Crippen molar-refractivity contribution in [2.45, 2.75) is 31.2 Å². The zero-order chi connectivity index (χ0) is 9.30. The molecule has 4 N–H and O–H groups in total. The van der Waals surface area contributed by atoms with Crippen molar-refractivity contribution in [1.82, 2.24) is 0 Å². The Labute approximate surface area is 70.3 Å². The summed E-state index contributed by atoms with van der Waals surface area (Å²) in [6.07, 6.45) is -1.87. The van der Waals surface area contributed by atoms with E-state index in [1.54, 1.807) is 12.2 Å². The molecular formula is C7H14NO4+. The van der Waals surface area contributed by atoms with E-state index >= 15 is 0 Å². The number of methoxy groups -OCH3 is 1. The van der Waals surface area contributed by atoms with Crippen LogP contribution in [0.25, 0.3) is 0 Å². The van der Waals surface area contributed by atoms with Crippen LogP contribution in [0.2, 0.25) is 0 Å². The van der Waals surface area contributed by atoms with E-state index in [2.05, 4.69) is 4.74 Å². The largest absolute Gasteiger partial charge is 0.465 e. The summed E-state index contributed by atoms with van der Waals surface area (Å²) in [6.45, 7) is 1.75. The van der Waals surface area contributed by atoms with Gasteiger partial charge in [-0.15, -0.1) is 0 Å². The summed E-state index contributed by atoms with van der Waals surface area (Å²) in [6, 6.07) is -0.843. The van der Waals surface area contributed by atoms with Crippen LogP contribution in [0.5, 0.6) is 0 Å². The molecule has 0 unspecified atom stereocenters. The molecule has 1 heterocycles. The molecule has 70 valence electrons. The Balaban J connectivity index is 2.64. The number of quaternary nitrogens is 1. The molecule has 1 saturated heterocycles. The monoisotopic (exact) mass is 176 g/mol. The predicted octanol–water partition coefficient (Wildman–Crippen LogP) is -2.78. The first-order chi connectivity index (χ1) is 5.57. The lowest BCUT2D eigenvalue weighted by Crippen LogP contribution is -2.94. The minimum Gasteiger partial charge on any atom is -0.465 e. The van der Waals surface area contributed by atoms with Crippen molar-refractivity contribution in [2.24, 2.45) is 0 Å².